The van der Waals surface area contributed by atoms with Crippen LogP contribution >= 0.6 is 6.49 Å². The highest BCUT2D eigenvalue weighted by atomic mass is 32.5. The van der Waals surface area contributed by atoms with Gasteiger partial charge in [0.1, 0.15) is 0 Å². The van der Waals surface area contributed by atoms with Crippen molar-refractivity contribution in [3.05, 3.63) is 77.9 Å². The minimum Gasteiger partial charge on any atom is -0.321 e. The third kappa shape index (κ3) is 2.41. The Morgan fingerprint density at radius 1 is 0.727 bits per heavy atom. The van der Waals surface area contributed by atoms with Crippen LogP contribution in [0.15, 0.2) is 66.7 Å². The lowest BCUT2D eigenvalue weighted by atomic mass is 10.00. The fraction of sp³-hybridized carbons (Fsp3) is 0.111. The highest BCUT2D eigenvalue weighted by Gasteiger charge is 2.25. The van der Waals surface area contributed by atoms with Gasteiger partial charge >= 0.3 is 0 Å². The van der Waals surface area contributed by atoms with E-state index in [1.54, 1.807) is 0 Å². The molecule has 2 nitrogen and oxygen atoms in total. The van der Waals surface area contributed by atoms with Crippen LogP contribution in [0.5, 0.6) is 0 Å². The molecule has 0 saturated carbocycles. The molecule has 0 bridgehead atoms. The molecular weight excluding hydrogens is 311 g/mol. The van der Waals surface area contributed by atoms with Gasteiger partial charge in [0.2, 0.25) is 6.49 Å². The molecule has 1 aliphatic rings. The molecule has 0 aromatic heterocycles. The molecule has 3 aromatic rings. The Labute approximate surface area is 134 Å². The van der Waals surface area contributed by atoms with Gasteiger partial charge in [-0.1, -0.05) is 54.6 Å². The van der Waals surface area contributed by atoms with Crippen LogP contribution < -0.4 is 5.30 Å². The molecule has 4 rings (SSSR count). The second-order valence-electron chi connectivity index (χ2n) is 5.31. The summed E-state index contributed by atoms with van der Waals surface area (Å²) in [5.41, 5.74) is 2.36. The summed E-state index contributed by atoms with van der Waals surface area (Å²) >= 11 is 5.77. The van der Waals surface area contributed by atoms with E-state index in [4.69, 9.17) is 20.9 Å². The predicted molar refractivity (Wildman–Crippen MR) is 93.9 cm³/mol. The van der Waals surface area contributed by atoms with Crippen molar-refractivity contribution >= 4 is 34.4 Å². The molecule has 0 saturated heterocycles. The Kier molecular flexibility index (Phi) is 3.59. The van der Waals surface area contributed by atoms with E-state index in [9.17, 15) is 0 Å². The van der Waals surface area contributed by atoms with Crippen molar-refractivity contribution in [2.24, 2.45) is 0 Å². The molecule has 0 spiro atoms. The molecule has 22 heavy (non-hydrogen) atoms. The molecule has 4 heteroatoms. The topological polar surface area (TPSA) is 18.5 Å². The van der Waals surface area contributed by atoms with Gasteiger partial charge in [0.15, 0.2) is 0 Å². The van der Waals surface area contributed by atoms with Gasteiger partial charge in [0.05, 0.1) is 13.2 Å². The smallest absolute Gasteiger partial charge is 0.220 e. The van der Waals surface area contributed by atoms with E-state index in [1.165, 1.54) is 21.9 Å². The lowest BCUT2D eigenvalue weighted by molar-refractivity contribution is 0.237. The lowest BCUT2D eigenvalue weighted by Gasteiger charge is -2.26. The van der Waals surface area contributed by atoms with Crippen molar-refractivity contribution in [3.63, 3.8) is 0 Å². The molecular formula is C18H15O2PS. The number of hydrogen-bond acceptors (Lipinski definition) is 3. The van der Waals surface area contributed by atoms with Crippen molar-refractivity contribution in [3.8, 4) is 0 Å². The first-order valence-corrected chi connectivity index (χ1v) is 9.84. The summed E-state index contributed by atoms with van der Waals surface area (Å²) in [4.78, 5) is 0. The van der Waals surface area contributed by atoms with Gasteiger partial charge in [0.25, 0.3) is 0 Å². The van der Waals surface area contributed by atoms with E-state index in [2.05, 4.69) is 36.4 Å². The van der Waals surface area contributed by atoms with E-state index >= 15 is 0 Å². The maximum atomic E-state index is 6.11. The lowest BCUT2D eigenvalue weighted by Crippen LogP contribution is -2.12. The fourth-order valence-corrected chi connectivity index (χ4v) is 5.06. The van der Waals surface area contributed by atoms with Crippen LogP contribution in [-0.4, -0.2) is 0 Å². The zero-order valence-corrected chi connectivity index (χ0v) is 13.6. The van der Waals surface area contributed by atoms with Gasteiger partial charge in [-0.15, -0.1) is 0 Å². The van der Waals surface area contributed by atoms with Crippen LogP contribution in [0.2, 0.25) is 0 Å². The standard InChI is InChI=1S/C18H15O2PS/c22-21(17-10-2-1-3-11-17)19-12-15-8-4-6-14-7-5-9-16(13-20-21)18(14)15/h1-11H,12-13H2. The van der Waals surface area contributed by atoms with Crippen molar-refractivity contribution in [2.75, 3.05) is 0 Å². The molecule has 0 N–H and O–H groups in total. The maximum absolute atomic E-state index is 6.11. The molecule has 1 aliphatic heterocycles. The average Bonchev–Trinajstić information content (AvgIpc) is 2.57. The first kappa shape index (κ1) is 14.1. The number of benzene rings is 3. The molecule has 0 radical (unpaired) electrons. The van der Waals surface area contributed by atoms with E-state index in [0.29, 0.717) is 13.2 Å². The highest BCUT2D eigenvalue weighted by molar-refractivity contribution is 8.13. The van der Waals surface area contributed by atoms with Gasteiger partial charge in [-0.2, -0.15) is 0 Å². The van der Waals surface area contributed by atoms with Gasteiger partial charge in [-0.05, 0) is 45.8 Å². The van der Waals surface area contributed by atoms with Gasteiger partial charge in [0, 0.05) is 5.30 Å². The number of hydrogen-bond donors (Lipinski definition) is 0. The first-order valence-electron chi connectivity index (χ1n) is 7.20. The molecule has 110 valence electrons. The third-order valence-electron chi connectivity index (χ3n) is 3.93. The normalized spacial score (nSPS) is 16.9. The summed E-state index contributed by atoms with van der Waals surface area (Å²) in [6.45, 7) is -1.49. The van der Waals surface area contributed by atoms with Gasteiger partial charge < -0.3 is 9.05 Å². The van der Waals surface area contributed by atoms with Crippen LogP contribution in [0.1, 0.15) is 11.1 Å². The first-order chi connectivity index (χ1) is 10.8. The monoisotopic (exact) mass is 326 g/mol. The van der Waals surface area contributed by atoms with Crippen molar-refractivity contribution in [1.82, 2.24) is 0 Å². The van der Waals surface area contributed by atoms with Crippen LogP contribution in [0, 0.1) is 0 Å². The highest BCUT2D eigenvalue weighted by Crippen LogP contribution is 2.50. The summed E-state index contributed by atoms with van der Waals surface area (Å²) in [6, 6.07) is 22.5. The van der Waals surface area contributed by atoms with Crippen LogP contribution in [-0.2, 0) is 34.1 Å². The van der Waals surface area contributed by atoms with E-state index in [1.807, 2.05) is 30.3 Å². The molecule has 1 heterocycles. The third-order valence-corrected chi connectivity index (χ3v) is 7.06. The zero-order chi connectivity index (χ0) is 15.0. The Morgan fingerprint density at radius 2 is 1.32 bits per heavy atom. The number of rotatable bonds is 1. The Morgan fingerprint density at radius 3 is 1.91 bits per heavy atom. The quantitative estimate of drug-likeness (QED) is 0.613. The molecule has 0 amide bonds. The Bertz CT molecular complexity index is 830. The summed E-state index contributed by atoms with van der Waals surface area (Å²) in [6.07, 6.45) is 0. The maximum Gasteiger partial charge on any atom is 0.220 e. The van der Waals surface area contributed by atoms with E-state index < -0.39 is 6.49 Å². The zero-order valence-electron chi connectivity index (χ0n) is 11.9. The summed E-state index contributed by atoms with van der Waals surface area (Å²) in [5.74, 6) is 0. The molecule has 3 aromatic carbocycles. The van der Waals surface area contributed by atoms with Crippen molar-refractivity contribution in [2.45, 2.75) is 13.2 Å². The largest absolute Gasteiger partial charge is 0.321 e. The van der Waals surface area contributed by atoms with Crippen LogP contribution in [0.4, 0.5) is 0 Å². The minimum atomic E-state index is -2.47. The Balaban J connectivity index is 1.81. The van der Waals surface area contributed by atoms with Crippen LogP contribution in [0.25, 0.3) is 10.8 Å². The fourth-order valence-electron chi connectivity index (χ4n) is 2.85. The van der Waals surface area contributed by atoms with Crippen LogP contribution in [0.3, 0.4) is 0 Å². The Hall–Kier alpha value is -1.51. The van der Waals surface area contributed by atoms with Gasteiger partial charge in [-0.3, -0.25) is 0 Å². The molecule has 0 aliphatic carbocycles. The minimum absolute atomic E-state index is 0.487. The van der Waals surface area contributed by atoms with Crippen molar-refractivity contribution < 1.29 is 9.05 Å². The SMILES string of the molecule is S=P1(c2ccccc2)OCc2cccc3cccc(c23)CO1. The average molecular weight is 326 g/mol. The second-order valence-corrected chi connectivity index (χ2v) is 8.78. The predicted octanol–water partition coefficient (Wildman–Crippen LogP) is 4.52. The van der Waals surface area contributed by atoms with E-state index in [0.717, 1.165) is 5.30 Å². The molecule has 0 fully saturated rings. The summed E-state index contributed by atoms with van der Waals surface area (Å²) in [5, 5.41) is 3.42. The molecule has 0 unspecified atom stereocenters. The summed E-state index contributed by atoms with van der Waals surface area (Å²) < 4.78 is 12.2. The molecule has 0 atom stereocenters. The van der Waals surface area contributed by atoms with E-state index in [-0.39, 0.29) is 0 Å². The second kappa shape index (κ2) is 5.60. The summed E-state index contributed by atoms with van der Waals surface area (Å²) in [7, 11) is 0. The van der Waals surface area contributed by atoms with Gasteiger partial charge in [-0.25, -0.2) is 0 Å². The van der Waals surface area contributed by atoms with Crippen molar-refractivity contribution in [1.29, 1.82) is 0 Å².